The zero-order valence-corrected chi connectivity index (χ0v) is 15.7. The Hall–Kier alpha value is -2.55. The molecule has 0 saturated heterocycles. The van der Waals surface area contributed by atoms with Crippen molar-refractivity contribution in [1.82, 2.24) is 0 Å². The minimum absolute atomic E-state index is 0.331. The third-order valence-corrected chi connectivity index (χ3v) is 4.21. The molecule has 2 aromatic rings. The molecule has 0 aromatic heterocycles. The van der Waals surface area contributed by atoms with Crippen molar-refractivity contribution in [2.75, 3.05) is 6.61 Å². The first-order valence-corrected chi connectivity index (χ1v) is 9.30. The van der Waals surface area contributed by atoms with Crippen LogP contribution in [-0.4, -0.2) is 17.7 Å². The molecule has 1 N–H and O–H groups in total. The maximum Gasteiger partial charge on any atom is 0.374 e. The first kappa shape index (κ1) is 19.8. The molecular weight excluding hydrogens is 324 g/mol. The lowest BCUT2D eigenvalue weighted by atomic mass is 9.96. The monoisotopic (exact) mass is 352 g/mol. The van der Waals surface area contributed by atoms with E-state index in [0.717, 1.165) is 30.4 Å². The molecule has 3 nitrogen and oxygen atoms in total. The molecule has 3 heteroatoms. The lowest BCUT2D eigenvalue weighted by molar-refractivity contribution is -0.142. The molecule has 0 aliphatic rings. The van der Waals surface area contributed by atoms with E-state index in [-0.39, 0.29) is 5.76 Å². The predicted molar refractivity (Wildman–Crippen MR) is 106 cm³/mol. The molecule has 0 amide bonds. The lowest BCUT2D eigenvalue weighted by Crippen LogP contribution is -2.11. The number of carbonyl (C=O) groups is 1. The maximum atomic E-state index is 12.3. The Balaban J connectivity index is 2.07. The molecule has 0 heterocycles. The van der Waals surface area contributed by atoms with Crippen LogP contribution in [0.1, 0.15) is 50.7 Å². The Morgan fingerprint density at radius 2 is 1.42 bits per heavy atom. The Morgan fingerprint density at radius 3 is 1.92 bits per heavy atom. The molecule has 0 fully saturated rings. The van der Waals surface area contributed by atoms with Crippen molar-refractivity contribution in [3.8, 4) is 0 Å². The summed E-state index contributed by atoms with van der Waals surface area (Å²) in [5, 5.41) is 10.6. The van der Waals surface area contributed by atoms with E-state index < -0.39 is 5.97 Å². The van der Waals surface area contributed by atoms with Gasteiger partial charge in [0, 0.05) is 5.57 Å². The van der Waals surface area contributed by atoms with Gasteiger partial charge in [0.2, 0.25) is 5.76 Å². The number of esters is 1. The summed E-state index contributed by atoms with van der Waals surface area (Å²) >= 11 is 0. The van der Waals surface area contributed by atoms with Gasteiger partial charge in [-0.3, -0.25) is 0 Å². The fourth-order valence-corrected chi connectivity index (χ4v) is 2.82. The van der Waals surface area contributed by atoms with Gasteiger partial charge in [-0.25, -0.2) is 4.79 Å². The van der Waals surface area contributed by atoms with Gasteiger partial charge in [0.15, 0.2) is 0 Å². The minimum atomic E-state index is -0.670. The zero-order valence-electron chi connectivity index (χ0n) is 15.7. The summed E-state index contributed by atoms with van der Waals surface area (Å²) < 4.78 is 5.29. The van der Waals surface area contributed by atoms with Crippen molar-refractivity contribution in [3.63, 3.8) is 0 Å². The van der Waals surface area contributed by atoms with Crippen molar-refractivity contribution < 1.29 is 14.6 Å². The highest BCUT2D eigenvalue weighted by molar-refractivity contribution is 5.99. The molecule has 0 aliphatic heterocycles. The van der Waals surface area contributed by atoms with Gasteiger partial charge in [0.05, 0.1) is 6.61 Å². The second kappa shape index (κ2) is 10.4. The van der Waals surface area contributed by atoms with E-state index in [1.807, 2.05) is 60.7 Å². The van der Waals surface area contributed by atoms with E-state index >= 15 is 0 Å². The smallest absolute Gasteiger partial charge is 0.374 e. The topological polar surface area (TPSA) is 46.5 Å². The standard InChI is InChI=1S/C23H28O3/c1-18(2)12-6-5-11-17-26-23(25)22(24)21(19-13-7-3-8-14-19)20-15-9-4-10-16-20/h3-4,7-10,13-16,18,24H,5-6,11-12,17H2,1-2H3. The van der Waals surface area contributed by atoms with Gasteiger partial charge in [-0.2, -0.15) is 0 Å². The quantitative estimate of drug-likeness (QED) is 0.270. The molecule has 0 saturated carbocycles. The van der Waals surface area contributed by atoms with Gasteiger partial charge in [-0.1, -0.05) is 93.8 Å². The number of hydrogen-bond acceptors (Lipinski definition) is 3. The van der Waals surface area contributed by atoms with Crippen LogP contribution in [-0.2, 0) is 9.53 Å². The predicted octanol–water partition coefficient (Wildman–Crippen LogP) is 5.76. The average molecular weight is 352 g/mol. The molecule has 0 unspecified atom stereocenters. The average Bonchev–Trinajstić information content (AvgIpc) is 2.66. The SMILES string of the molecule is CC(C)CCCCCOC(=O)C(O)=C(c1ccccc1)c1ccccc1. The van der Waals surface area contributed by atoms with E-state index in [0.29, 0.717) is 18.1 Å². The molecule has 0 radical (unpaired) electrons. The number of carbonyl (C=O) groups excluding carboxylic acids is 1. The van der Waals surface area contributed by atoms with E-state index in [1.54, 1.807) is 0 Å². The molecule has 138 valence electrons. The third kappa shape index (κ3) is 6.07. The summed E-state index contributed by atoms with van der Waals surface area (Å²) in [6.45, 7) is 4.74. The Labute approximate surface area is 156 Å². The van der Waals surface area contributed by atoms with Crippen LogP contribution < -0.4 is 0 Å². The normalized spacial score (nSPS) is 10.6. The first-order chi connectivity index (χ1) is 12.6. The van der Waals surface area contributed by atoms with Gasteiger partial charge in [-0.05, 0) is 23.5 Å². The van der Waals surface area contributed by atoms with Crippen molar-refractivity contribution in [2.24, 2.45) is 5.92 Å². The minimum Gasteiger partial charge on any atom is -0.501 e. The van der Waals surface area contributed by atoms with Crippen LogP contribution in [0.4, 0.5) is 0 Å². The number of hydrogen-bond donors (Lipinski definition) is 1. The van der Waals surface area contributed by atoms with Crippen LogP contribution >= 0.6 is 0 Å². The number of unbranched alkanes of at least 4 members (excludes halogenated alkanes) is 2. The highest BCUT2D eigenvalue weighted by Gasteiger charge is 2.18. The molecular formula is C23H28O3. The lowest BCUT2D eigenvalue weighted by Gasteiger charge is -2.12. The van der Waals surface area contributed by atoms with Gasteiger partial charge in [-0.15, -0.1) is 0 Å². The summed E-state index contributed by atoms with van der Waals surface area (Å²) in [6.07, 6.45) is 4.17. The van der Waals surface area contributed by atoms with Gasteiger partial charge in [0.25, 0.3) is 0 Å². The third-order valence-electron chi connectivity index (χ3n) is 4.21. The van der Waals surface area contributed by atoms with Crippen molar-refractivity contribution in [3.05, 3.63) is 77.5 Å². The van der Waals surface area contributed by atoms with Crippen LogP contribution in [0.3, 0.4) is 0 Å². The number of ether oxygens (including phenoxy) is 1. The first-order valence-electron chi connectivity index (χ1n) is 9.30. The van der Waals surface area contributed by atoms with Crippen LogP contribution in [0.15, 0.2) is 66.4 Å². The van der Waals surface area contributed by atoms with Crippen LogP contribution in [0.25, 0.3) is 5.57 Å². The van der Waals surface area contributed by atoms with Gasteiger partial charge >= 0.3 is 5.97 Å². The largest absolute Gasteiger partial charge is 0.501 e. The molecule has 0 atom stereocenters. The summed E-state index contributed by atoms with van der Waals surface area (Å²) in [6, 6.07) is 18.8. The van der Waals surface area contributed by atoms with Crippen LogP contribution in [0, 0.1) is 5.92 Å². The Kier molecular flexibility index (Phi) is 7.94. The van der Waals surface area contributed by atoms with Crippen molar-refractivity contribution >= 4 is 11.5 Å². The van der Waals surface area contributed by atoms with Gasteiger partial charge < -0.3 is 9.84 Å². The Bertz CT molecular complexity index is 661. The summed E-state index contributed by atoms with van der Waals surface area (Å²) in [5.41, 5.74) is 2.06. The van der Waals surface area contributed by atoms with Crippen molar-refractivity contribution in [2.45, 2.75) is 39.5 Å². The highest BCUT2D eigenvalue weighted by Crippen LogP contribution is 2.26. The second-order valence-electron chi connectivity index (χ2n) is 6.83. The highest BCUT2D eigenvalue weighted by atomic mass is 16.5. The van der Waals surface area contributed by atoms with E-state index in [1.165, 1.54) is 6.42 Å². The summed E-state index contributed by atoms with van der Waals surface area (Å²) in [7, 11) is 0. The van der Waals surface area contributed by atoms with Crippen LogP contribution in [0.5, 0.6) is 0 Å². The van der Waals surface area contributed by atoms with Crippen LogP contribution in [0.2, 0.25) is 0 Å². The molecule has 2 aromatic carbocycles. The molecule has 26 heavy (non-hydrogen) atoms. The number of aliphatic hydroxyl groups is 1. The van der Waals surface area contributed by atoms with Crippen molar-refractivity contribution in [1.29, 1.82) is 0 Å². The van der Waals surface area contributed by atoms with E-state index in [2.05, 4.69) is 13.8 Å². The summed E-state index contributed by atoms with van der Waals surface area (Å²) in [4.78, 5) is 12.3. The van der Waals surface area contributed by atoms with E-state index in [4.69, 9.17) is 4.74 Å². The fraction of sp³-hybridized carbons (Fsp3) is 0.348. The Morgan fingerprint density at radius 1 is 0.885 bits per heavy atom. The number of benzene rings is 2. The number of rotatable bonds is 9. The van der Waals surface area contributed by atoms with Gasteiger partial charge in [0.1, 0.15) is 0 Å². The molecule has 0 aliphatic carbocycles. The molecule has 0 bridgehead atoms. The van der Waals surface area contributed by atoms with E-state index in [9.17, 15) is 9.90 Å². The molecule has 2 rings (SSSR count). The summed E-state index contributed by atoms with van der Waals surface area (Å²) in [5.74, 6) is -0.315. The second-order valence-corrected chi connectivity index (χ2v) is 6.83. The number of aliphatic hydroxyl groups excluding tert-OH is 1. The fourth-order valence-electron chi connectivity index (χ4n) is 2.82. The molecule has 0 spiro atoms. The maximum absolute atomic E-state index is 12.3. The zero-order chi connectivity index (χ0) is 18.8.